The van der Waals surface area contributed by atoms with Gasteiger partial charge in [-0.1, -0.05) is 41.7 Å². The number of nitro benzene ring substituents is 1. The molecule has 1 aliphatic rings. The van der Waals surface area contributed by atoms with Gasteiger partial charge in [-0.3, -0.25) is 19.5 Å². The van der Waals surface area contributed by atoms with Gasteiger partial charge in [0.15, 0.2) is 4.80 Å². The van der Waals surface area contributed by atoms with Crippen molar-refractivity contribution < 1.29 is 18.9 Å². The van der Waals surface area contributed by atoms with Crippen molar-refractivity contribution in [3.8, 4) is 11.3 Å². The van der Waals surface area contributed by atoms with Crippen LogP contribution in [0.2, 0.25) is 0 Å². The number of hydrogen-bond donors (Lipinski definition) is 0. The predicted molar refractivity (Wildman–Crippen MR) is 145 cm³/mol. The lowest BCUT2D eigenvalue weighted by Gasteiger charge is -2.24. The number of ether oxygens (including phenoxy) is 1. The Morgan fingerprint density at radius 3 is 2.68 bits per heavy atom. The molecule has 0 N–H and O–H groups in total. The van der Waals surface area contributed by atoms with Crippen molar-refractivity contribution >= 4 is 45.0 Å². The Morgan fingerprint density at radius 1 is 1.24 bits per heavy atom. The summed E-state index contributed by atoms with van der Waals surface area (Å²) >= 11 is 4.56. The van der Waals surface area contributed by atoms with E-state index in [-0.39, 0.29) is 17.9 Å². The fraction of sp³-hybridized carbons (Fsp3) is 0.148. The lowest BCUT2D eigenvalue weighted by Crippen LogP contribution is -2.39. The van der Waals surface area contributed by atoms with Gasteiger partial charge in [-0.25, -0.2) is 9.79 Å². The smallest absolute Gasteiger partial charge is 0.338 e. The fourth-order valence-electron chi connectivity index (χ4n) is 4.26. The summed E-state index contributed by atoms with van der Waals surface area (Å²) in [7, 11) is 0. The minimum absolute atomic E-state index is 0.0426. The van der Waals surface area contributed by atoms with Crippen LogP contribution in [0, 0.1) is 10.1 Å². The van der Waals surface area contributed by atoms with Gasteiger partial charge in [0.25, 0.3) is 11.2 Å². The molecule has 9 nitrogen and oxygen atoms in total. The number of nitro groups is 1. The molecule has 5 rings (SSSR count). The van der Waals surface area contributed by atoms with E-state index >= 15 is 0 Å². The quantitative estimate of drug-likeness (QED) is 0.181. The predicted octanol–water partition coefficient (Wildman–Crippen LogP) is 4.73. The van der Waals surface area contributed by atoms with Crippen molar-refractivity contribution in [2.75, 3.05) is 6.61 Å². The summed E-state index contributed by atoms with van der Waals surface area (Å²) in [4.78, 5) is 42.2. The molecule has 0 amide bonds. The first-order valence-corrected chi connectivity index (χ1v) is 13.2. The molecule has 11 heteroatoms. The van der Waals surface area contributed by atoms with Crippen LogP contribution in [0.4, 0.5) is 5.69 Å². The van der Waals surface area contributed by atoms with Crippen LogP contribution in [0.3, 0.4) is 0 Å². The van der Waals surface area contributed by atoms with E-state index in [0.29, 0.717) is 42.2 Å². The maximum atomic E-state index is 13.7. The number of hydrogen-bond acceptors (Lipinski definition) is 8. The number of halogens is 1. The standard InChI is InChI=1S/C27H20BrN3O6S/c1-3-36-26(33)23-15(2)29-27-30(24(23)16-7-5-4-6-8-16)25(32)22(38-27)14-18-10-12-21(37-18)19-11-9-17(31(34)35)13-20(19)28/h4-14,24H,3H2,1-2H3/b22-14+/t24-/m1/s1. The van der Waals surface area contributed by atoms with E-state index in [9.17, 15) is 19.7 Å². The van der Waals surface area contributed by atoms with Crippen molar-refractivity contribution in [2.45, 2.75) is 19.9 Å². The summed E-state index contributed by atoms with van der Waals surface area (Å²) in [6.45, 7) is 3.67. The summed E-state index contributed by atoms with van der Waals surface area (Å²) in [5.41, 5.74) is 1.86. The van der Waals surface area contributed by atoms with E-state index in [1.54, 1.807) is 38.1 Å². The largest absolute Gasteiger partial charge is 0.463 e. The first-order valence-electron chi connectivity index (χ1n) is 11.6. The molecule has 38 heavy (non-hydrogen) atoms. The Kier molecular flexibility index (Phi) is 6.96. The molecule has 2 aromatic heterocycles. The number of aromatic nitrogens is 1. The second kappa shape index (κ2) is 10.3. The van der Waals surface area contributed by atoms with Gasteiger partial charge in [0.05, 0.1) is 33.4 Å². The van der Waals surface area contributed by atoms with Gasteiger partial charge in [0.1, 0.15) is 11.5 Å². The van der Waals surface area contributed by atoms with Crippen LogP contribution in [0.15, 0.2) is 90.6 Å². The van der Waals surface area contributed by atoms with Crippen LogP contribution >= 0.6 is 27.3 Å². The third kappa shape index (κ3) is 4.66. The number of thiazole rings is 1. The third-order valence-corrected chi connectivity index (χ3v) is 7.60. The van der Waals surface area contributed by atoms with Crippen LogP contribution in [0.5, 0.6) is 0 Å². The number of nitrogens with zero attached hydrogens (tertiary/aromatic N) is 3. The van der Waals surface area contributed by atoms with E-state index < -0.39 is 16.9 Å². The highest BCUT2D eigenvalue weighted by Crippen LogP contribution is 2.33. The maximum absolute atomic E-state index is 13.7. The molecular formula is C27H20BrN3O6S. The zero-order valence-electron chi connectivity index (χ0n) is 20.2. The molecule has 0 bridgehead atoms. The summed E-state index contributed by atoms with van der Waals surface area (Å²) in [5.74, 6) is 0.391. The Bertz CT molecular complexity index is 1780. The van der Waals surface area contributed by atoms with E-state index in [1.807, 2.05) is 30.3 Å². The number of furan rings is 1. The van der Waals surface area contributed by atoms with Gasteiger partial charge >= 0.3 is 5.97 Å². The fourth-order valence-corrected chi connectivity index (χ4v) is 5.85. The number of esters is 1. The molecule has 0 fully saturated rings. The van der Waals surface area contributed by atoms with Crippen LogP contribution in [-0.2, 0) is 9.53 Å². The SMILES string of the molecule is CCOC(=O)C1=C(C)N=c2s/c(=C/c3ccc(-c4ccc([N+](=O)[O-])cc4Br)o3)c(=O)n2[C@@H]1c1ccccc1. The first-order chi connectivity index (χ1) is 18.3. The molecule has 0 saturated carbocycles. The molecule has 1 atom stereocenters. The summed E-state index contributed by atoms with van der Waals surface area (Å²) in [5, 5.41) is 11.0. The number of fused-ring (bicyclic) bond motifs is 1. The normalized spacial score (nSPS) is 15.2. The summed E-state index contributed by atoms with van der Waals surface area (Å²) in [6, 6.07) is 16.4. The highest BCUT2D eigenvalue weighted by molar-refractivity contribution is 9.10. The Labute approximate surface area is 228 Å². The average molecular weight is 594 g/mol. The molecule has 0 radical (unpaired) electrons. The highest BCUT2D eigenvalue weighted by Gasteiger charge is 2.33. The zero-order chi connectivity index (χ0) is 27.0. The van der Waals surface area contributed by atoms with Crippen LogP contribution in [0.25, 0.3) is 17.4 Å². The lowest BCUT2D eigenvalue weighted by atomic mass is 9.96. The monoisotopic (exact) mass is 593 g/mol. The molecule has 0 unspecified atom stereocenters. The van der Waals surface area contributed by atoms with Gasteiger partial charge in [-0.15, -0.1) is 0 Å². The Hall–Kier alpha value is -4.09. The minimum Gasteiger partial charge on any atom is -0.463 e. The Balaban J connectivity index is 1.60. The molecule has 3 heterocycles. The van der Waals surface area contributed by atoms with Crippen LogP contribution < -0.4 is 14.9 Å². The lowest BCUT2D eigenvalue weighted by molar-refractivity contribution is -0.384. The van der Waals surface area contributed by atoms with Crippen LogP contribution in [-0.4, -0.2) is 22.1 Å². The highest BCUT2D eigenvalue weighted by atomic mass is 79.9. The third-order valence-electron chi connectivity index (χ3n) is 5.96. The van der Waals surface area contributed by atoms with Gasteiger partial charge in [-0.2, -0.15) is 0 Å². The van der Waals surface area contributed by atoms with Crippen molar-refractivity contribution in [1.29, 1.82) is 0 Å². The molecule has 0 saturated heterocycles. The Morgan fingerprint density at radius 2 is 2.00 bits per heavy atom. The first kappa shape index (κ1) is 25.6. The summed E-state index contributed by atoms with van der Waals surface area (Å²) in [6.07, 6.45) is 1.62. The van der Waals surface area contributed by atoms with Gasteiger partial charge in [-0.05, 0) is 53.5 Å². The topological polar surface area (TPSA) is 117 Å². The number of carbonyl (C=O) groups excluding carboxylic acids is 1. The zero-order valence-corrected chi connectivity index (χ0v) is 22.6. The van der Waals surface area contributed by atoms with Gasteiger partial charge < -0.3 is 9.15 Å². The molecule has 4 aromatic rings. The molecule has 1 aliphatic heterocycles. The van der Waals surface area contributed by atoms with Crippen LogP contribution in [0.1, 0.15) is 31.2 Å². The van der Waals surface area contributed by atoms with Crippen molar-refractivity contribution in [3.05, 3.63) is 118 Å². The minimum atomic E-state index is -0.683. The second-order valence-electron chi connectivity index (χ2n) is 8.34. The van der Waals surface area contributed by atoms with E-state index in [1.165, 1.54) is 28.0 Å². The van der Waals surface area contributed by atoms with Crippen molar-refractivity contribution in [3.63, 3.8) is 0 Å². The van der Waals surface area contributed by atoms with Crippen molar-refractivity contribution in [1.82, 2.24) is 4.57 Å². The number of non-ortho nitro benzene ring substituents is 1. The van der Waals surface area contributed by atoms with Gasteiger partial charge in [0.2, 0.25) is 0 Å². The summed E-state index contributed by atoms with van der Waals surface area (Å²) < 4.78 is 13.7. The number of carbonyl (C=O) groups is 1. The molecule has 192 valence electrons. The average Bonchev–Trinajstić information content (AvgIpc) is 3.48. The molecule has 0 aliphatic carbocycles. The molecule has 2 aromatic carbocycles. The van der Waals surface area contributed by atoms with E-state index in [2.05, 4.69) is 20.9 Å². The molecule has 0 spiro atoms. The van der Waals surface area contributed by atoms with Crippen molar-refractivity contribution in [2.24, 2.45) is 4.99 Å². The van der Waals surface area contributed by atoms with E-state index in [4.69, 9.17) is 9.15 Å². The maximum Gasteiger partial charge on any atom is 0.338 e. The van der Waals surface area contributed by atoms with E-state index in [0.717, 1.165) is 5.56 Å². The number of benzene rings is 2. The van der Waals surface area contributed by atoms with Gasteiger partial charge in [0, 0.05) is 28.2 Å². The number of rotatable bonds is 6. The second-order valence-corrected chi connectivity index (χ2v) is 10.2. The molecular weight excluding hydrogens is 574 g/mol. The number of allylic oxidation sites excluding steroid dienone is 1.